The van der Waals surface area contributed by atoms with Crippen molar-refractivity contribution in [1.82, 2.24) is 0 Å². The highest BCUT2D eigenvalue weighted by Crippen LogP contribution is 2.58. The molecule has 5 heteroatoms. The quantitative estimate of drug-likeness (QED) is 0.541. The van der Waals surface area contributed by atoms with Crippen LogP contribution in [0.3, 0.4) is 0 Å². The summed E-state index contributed by atoms with van der Waals surface area (Å²) in [6.45, 7) is 5.31. The van der Waals surface area contributed by atoms with Crippen molar-refractivity contribution >= 4 is 5.97 Å². The summed E-state index contributed by atoms with van der Waals surface area (Å²) in [5.74, 6) is 1.74. The number of alkyl halides is 3. The second-order valence-electron chi connectivity index (χ2n) is 4.30. The lowest BCUT2D eigenvalue weighted by Gasteiger charge is -2.01. The first-order valence-corrected chi connectivity index (χ1v) is 4.96. The molecule has 1 aliphatic rings. The van der Waals surface area contributed by atoms with E-state index >= 15 is 0 Å². The van der Waals surface area contributed by atoms with E-state index in [1.54, 1.807) is 20.8 Å². The summed E-state index contributed by atoms with van der Waals surface area (Å²) in [5, 5.41) is 0. The van der Waals surface area contributed by atoms with Gasteiger partial charge in [-0.05, 0) is 12.3 Å². The summed E-state index contributed by atoms with van der Waals surface area (Å²) in [6, 6.07) is 0. The van der Waals surface area contributed by atoms with Crippen LogP contribution < -0.4 is 0 Å². The molecule has 2 unspecified atom stereocenters. The van der Waals surface area contributed by atoms with Crippen LogP contribution in [0.25, 0.3) is 0 Å². The molecule has 1 aliphatic carbocycles. The molecule has 1 rings (SSSR count). The zero-order valence-electron chi connectivity index (χ0n) is 9.31. The molecule has 90 valence electrons. The second-order valence-corrected chi connectivity index (χ2v) is 4.30. The molecular formula is C11H13F3O2. The summed E-state index contributed by atoms with van der Waals surface area (Å²) in [5.41, 5.74) is -0.523. The van der Waals surface area contributed by atoms with E-state index in [1.165, 1.54) is 5.92 Å². The third kappa shape index (κ3) is 2.69. The number of ether oxygens (including phenoxy) is 1. The van der Waals surface area contributed by atoms with Gasteiger partial charge >= 0.3 is 12.1 Å². The zero-order chi connectivity index (χ0) is 12.6. The average Bonchev–Trinajstić information content (AvgIpc) is 2.64. The molecule has 0 bridgehead atoms. The highest BCUT2D eigenvalue weighted by molar-refractivity contribution is 5.78. The Bertz CT molecular complexity index is 346. The minimum Gasteiger partial charge on any atom is -0.466 e. The number of hydrogen-bond acceptors (Lipinski definition) is 2. The van der Waals surface area contributed by atoms with E-state index in [4.69, 9.17) is 4.74 Å². The van der Waals surface area contributed by atoms with E-state index in [9.17, 15) is 18.0 Å². The first-order valence-electron chi connectivity index (χ1n) is 4.96. The van der Waals surface area contributed by atoms with Gasteiger partial charge < -0.3 is 4.74 Å². The van der Waals surface area contributed by atoms with Gasteiger partial charge in [0.05, 0.1) is 12.5 Å². The molecule has 0 aromatic rings. The van der Waals surface area contributed by atoms with Gasteiger partial charge in [0.25, 0.3) is 0 Å². The molecule has 1 fully saturated rings. The largest absolute Gasteiger partial charge is 0.466 e. The van der Waals surface area contributed by atoms with Crippen molar-refractivity contribution in [3.8, 4) is 11.8 Å². The number of esters is 1. The Hall–Kier alpha value is -1.18. The van der Waals surface area contributed by atoms with Gasteiger partial charge in [-0.25, -0.2) is 0 Å². The lowest BCUT2D eigenvalue weighted by molar-refractivity contribution is -0.145. The van der Waals surface area contributed by atoms with Gasteiger partial charge in [0.15, 0.2) is 0 Å². The van der Waals surface area contributed by atoms with E-state index in [2.05, 4.69) is 5.92 Å². The summed E-state index contributed by atoms with van der Waals surface area (Å²) < 4.78 is 40.4. The Labute approximate surface area is 92.2 Å². The standard InChI is InChI=1S/C11H13F3O2/c1-4-16-9(15)8-7(10(8,2)3)5-6-11(12,13)14/h7-8H,4H2,1-3H3. The van der Waals surface area contributed by atoms with Gasteiger partial charge in [-0.1, -0.05) is 19.8 Å². The van der Waals surface area contributed by atoms with Crippen LogP contribution in [0.2, 0.25) is 0 Å². The number of halogens is 3. The van der Waals surface area contributed by atoms with Crippen molar-refractivity contribution < 1.29 is 22.7 Å². The van der Waals surface area contributed by atoms with E-state index < -0.39 is 29.4 Å². The monoisotopic (exact) mass is 234 g/mol. The van der Waals surface area contributed by atoms with Crippen LogP contribution in [0.4, 0.5) is 13.2 Å². The third-order valence-electron chi connectivity index (χ3n) is 2.74. The predicted molar refractivity (Wildman–Crippen MR) is 51.2 cm³/mol. The fourth-order valence-electron chi connectivity index (χ4n) is 1.74. The molecule has 0 aromatic carbocycles. The summed E-state index contributed by atoms with van der Waals surface area (Å²) in [4.78, 5) is 11.4. The van der Waals surface area contributed by atoms with Gasteiger partial charge in [0.1, 0.15) is 0 Å². The maximum Gasteiger partial charge on any atom is 0.457 e. The lowest BCUT2D eigenvalue weighted by Crippen LogP contribution is -2.10. The fourth-order valence-corrected chi connectivity index (χ4v) is 1.74. The van der Waals surface area contributed by atoms with Gasteiger partial charge in [-0.3, -0.25) is 4.79 Å². The van der Waals surface area contributed by atoms with Crippen molar-refractivity contribution in [2.24, 2.45) is 17.3 Å². The highest BCUT2D eigenvalue weighted by atomic mass is 19.4. The molecule has 0 aliphatic heterocycles. The Kier molecular flexibility index (Phi) is 3.22. The van der Waals surface area contributed by atoms with Gasteiger partial charge in [-0.15, -0.1) is 0 Å². The molecule has 0 heterocycles. The molecule has 0 saturated heterocycles. The first-order chi connectivity index (χ1) is 7.20. The van der Waals surface area contributed by atoms with Crippen LogP contribution in [0.1, 0.15) is 20.8 Å². The zero-order valence-corrected chi connectivity index (χ0v) is 9.31. The fraction of sp³-hybridized carbons (Fsp3) is 0.727. The van der Waals surface area contributed by atoms with Crippen molar-refractivity contribution in [2.45, 2.75) is 26.9 Å². The molecule has 1 saturated carbocycles. The lowest BCUT2D eigenvalue weighted by atomic mass is 10.1. The maximum absolute atomic E-state index is 11.9. The predicted octanol–water partition coefficient (Wildman–Crippen LogP) is 2.39. The second kappa shape index (κ2) is 4.00. The Morgan fingerprint density at radius 3 is 2.44 bits per heavy atom. The molecule has 16 heavy (non-hydrogen) atoms. The van der Waals surface area contributed by atoms with Crippen molar-refractivity contribution in [3.63, 3.8) is 0 Å². The smallest absolute Gasteiger partial charge is 0.457 e. The molecule has 0 N–H and O–H groups in total. The maximum atomic E-state index is 11.9. The van der Waals surface area contributed by atoms with Crippen LogP contribution in [-0.2, 0) is 9.53 Å². The van der Waals surface area contributed by atoms with Crippen molar-refractivity contribution in [3.05, 3.63) is 0 Å². The van der Waals surface area contributed by atoms with E-state index in [0.717, 1.165) is 0 Å². The van der Waals surface area contributed by atoms with Crippen LogP contribution in [0.5, 0.6) is 0 Å². The number of rotatable bonds is 2. The Balaban J connectivity index is 2.70. The van der Waals surface area contributed by atoms with Crippen LogP contribution in [0, 0.1) is 29.1 Å². The summed E-state index contributed by atoms with van der Waals surface area (Å²) in [7, 11) is 0. The minimum atomic E-state index is -4.50. The van der Waals surface area contributed by atoms with Crippen molar-refractivity contribution in [1.29, 1.82) is 0 Å². The minimum absolute atomic E-state index is 0.227. The van der Waals surface area contributed by atoms with Crippen LogP contribution in [-0.4, -0.2) is 18.8 Å². The number of carbonyl (C=O) groups is 1. The molecule has 0 amide bonds. The molecule has 2 nitrogen and oxygen atoms in total. The van der Waals surface area contributed by atoms with E-state index in [-0.39, 0.29) is 6.61 Å². The van der Waals surface area contributed by atoms with E-state index in [0.29, 0.717) is 0 Å². The number of carbonyl (C=O) groups excluding carboxylic acids is 1. The molecule has 0 spiro atoms. The normalized spacial score (nSPS) is 26.6. The van der Waals surface area contributed by atoms with E-state index in [1.807, 2.05) is 0 Å². The number of hydrogen-bond donors (Lipinski definition) is 0. The summed E-state index contributed by atoms with van der Waals surface area (Å²) in [6.07, 6.45) is -4.50. The molecule has 0 radical (unpaired) electrons. The molecule has 0 aromatic heterocycles. The third-order valence-corrected chi connectivity index (χ3v) is 2.74. The summed E-state index contributed by atoms with van der Waals surface area (Å²) >= 11 is 0. The van der Waals surface area contributed by atoms with Crippen LogP contribution >= 0.6 is 0 Å². The average molecular weight is 234 g/mol. The van der Waals surface area contributed by atoms with Crippen LogP contribution in [0.15, 0.2) is 0 Å². The Morgan fingerprint density at radius 1 is 1.44 bits per heavy atom. The first kappa shape index (κ1) is 12.9. The van der Waals surface area contributed by atoms with Gasteiger partial charge in [0, 0.05) is 11.8 Å². The van der Waals surface area contributed by atoms with Crippen molar-refractivity contribution in [2.75, 3.05) is 6.61 Å². The molecular weight excluding hydrogens is 221 g/mol. The topological polar surface area (TPSA) is 26.3 Å². The van der Waals surface area contributed by atoms with Gasteiger partial charge in [0.2, 0.25) is 0 Å². The SMILES string of the molecule is CCOC(=O)C1C(C#CC(F)(F)F)C1(C)C. The highest BCUT2D eigenvalue weighted by Gasteiger charge is 2.62. The Morgan fingerprint density at radius 2 is 2.00 bits per heavy atom. The molecule has 2 atom stereocenters. The van der Waals surface area contributed by atoms with Gasteiger partial charge in [-0.2, -0.15) is 13.2 Å².